The second kappa shape index (κ2) is 6.43. The number of hydrogen-bond acceptors (Lipinski definition) is 4. The second-order valence-electron chi connectivity index (χ2n) is 5.02. The number of benzene rings is 1. The van der Waals surface area contributed by atoms with Crippen LogP contribution in [0.25, 0.3) is 0 Å². The van der Waals surface area contributed by atoms with E-state index in [1.165, 1.54) is 5.56 Å². The van der Waals surface area contributed by atoms with Gasteiger partial charge >= 0.3 is 0 Å². The first kappa shape index (κ1) is 14.4. The molecule has 2 rings (SSSR count). The van der Waals surface area contributed by atoms with Crippen molar-refractivity contribution >= 4 is 5.69 Å². The molecule has 108 valence electrons. The molecule has 2 aromatic rings. The van der Waals surface area contributed by atoms with Crippen LogP contribution in [0.4, 0.5) is 5.69 Å². The lowest BCUT2D eigenvalue weighted by Gasteiger charge is -2.14. The van der Waals surface area contributed by atoms with Crippen molar-refractivity contribution in [1.29, 1.82) is 0 Å². The van der Waals surface area contributed by atoms with Gasteiger partial charge in [-0.25, -0.2) is 0 Å². The number of aryl methyl sites for hydroxylation is 3. The normalized spacial score (nSPS) is 12.2. The number of hydrogen-bond donors (Lipinski definition) is 2. The second-order valence-corrected chi connectivity index (χ2v) is 5.02. The lowest BCUT2D eigenvalue weighted by atomic mass is 10.1. The Kier molecular flexibility index (Phi) is 4.63. The van der Waals surface area contributed by atoms with Crippen molar-refractivity contribution in [3.8, 4) is 5.75 Å². The highest BCUT2D eigenvalue weighted by Crippen LogP contribution is 2.18. The van der Waals surface area contributed by atoms with E-state index in [-0.39, 0.29) is 6.61 Å². The predicted octanol–water partition coefficient (Wildman–Crippen LogP) is 1.89. The Hall–Kier alpha value is -2.01. The molecule has 0 amide bonds. The standard InChI is InChI=1S/C15H21N3O2/c1-11-4-5-15(12(2)6-11)20-10-14(19)8-16-13-7-17-18(3)9-13/h4-7,9,14,16,19H,8,10H2,1-3H3. The zero-order chi connectivity index (χ0) is 14.5. The molecule has 0 aliphatic carbocycles. The van der Waals surface area contributed by atoms with E-state index in [0.29, 0.717) is 6.54 Å². The molecule has 1 aromatic heterocycles. The lowest BCUT2D eigenvalue weighted by Crippen LogP contribution is -2.26. The van der Waals surface area contributed by atoms with Gasteiger partial charge in [0, 0.05) is 19.8 Å². The molecule has 0 spiro atoms. The molecule has 0 saturated carbocycles. The van der Waals surface area contributed by atoms with E-state index in [4.69, 9.17) is 4.74 Å². The molecule has 1 aromatic carbocycles. The summed E-state index contributed by atoms with van der Waals surface area (Å²) in [7, 11) is 1.85. The highest BCUT2D eigenvalue weighted by molar-refractivity contribution is 5.38. The fourth-order valence-electron chi connectivity index (χ4n) is 1.95. The van der Waals surface area contributed by atoms with Crippen molar-refractivity contribution < 1.29 is 9.84 Å². The van der Waals surface area contributed by atoms with Gasteiger partial charge in [-0.15, -0.1) is 0 Å². The number of aliphatic hydroxyl groups excluding tert-OH is 1. The van der Waals surface area contributed by atoms with Crippen LogP contribution in [0.2, 0.25) is 0 Å². The summed E-state index contributed by atoms with van der Waals surface area (Å²) in [5, 5.41) is 17.1. The van der Waals surface area contributed by atoms with E-state index in [0.717, 1.165) is 17.0 Å². The van der Waals surface area contributed by atoms with Gasteiger partial charge in [0.1, 0.15) is 18.5 Å². The van der Waals surface area contributed by atoms with Gasteiger partial charge in [0.05, 0.1) is 11.9 Å². The SMILES string of the molecule is Cc1ccc(OCC(O)CNc2cnn(C)c2)c(C)c1. The van der Waals surface area contributed by atoms with Gasteiger partial charge in [-0.3, -0.25) is 4.68 Å². The molecule has 1 heterocycles. The first-order chi connectivity index (χ1) is 9.54. The molecular formula is C15H21N3O2. The van der Waals surface area contributed by atoms with Crippen LogP contribution in [-0.4, -0.2) is 34.1 Å². The number of nitrogens with zero attached hydrogens (tertiary/aromatic N) is 2. The van der Waals surface area contributed by atoms with Crippen LogP contribution in [0, 0.1) is 13.8 Å². The summed E-state index contributed by atoms with van der Waals surface area (Å²) in [4.78, 5) is 0. The Morgan fingerprint density at radius 2 is 2.20 bits per heavy atom. The Bertz CT molecular complexity index is 566. The van der Waals surface area contributed by atoms with E-state index in [1.54, 1.807) is 10.9 Å². The van der Waals surface area contributed by atoms with Gasteiger partial charge < -0.3 is 15.2 Å². The van der Waals surface area contributed by atoms with E-state index in [1.807, 2.05) is 39.2 Å². The number of ether oxygens (including phenoxy) is 1. The maximum Gasteiger partial charge on any atom is 0.122 e. The quantitative estimate of drug-likeness (QED) is 0.845. The van der Waals surface area contributed by atoms with Crippen molar-refractivity contribution in [1.82, 2.24) is 9.78 Å². The van der Waals surface area contributed by atoms with Crippen LogP contribution in [0.15, 0.2) is 30.6 Å². The highest BCUT2D eigenvalue weighted by Gasteiger charge is 2.07. The Morgan fingerprint density at radius 3 is 2.85 bits per heavy atom. The molecule has 5 nitrogen and oxygen atoms in total. The molecule has 5 heteroatoms. The van der Waals surface area contributed by atoms with Gasteiger partial charge in [0.15, 0.2) is 0 Å². The summed E-state index contributed by atoms with van der Waals surface area (Å²) in [6.45, 7) is 4.74. The fourth-order valence-corrected chi connectivity index (χ4v) is 1.95. The third-order valence-electron chi connectivity index (χ3n) is 3.01. The molecule has 20 heavy (non-hydrogen) atoms. The molecule has 0 aliphatic heterocycles. The van der Waals surface area contributed by atoms with Gasteiger partial charge in [0.25, 0.3) is 0 Å². The van der Waals surface area contributed by atoms with Gasteiger partial charge in [-0.2, -0.15) is 5.10 Å². The van der Waals surface area contributed by atoms with E-state index >= 15 is 0 Å². The van der Waals surface area contributed by atoms with Crippen LogP contribution in [-0.2, 0) is 7.05 Å². The smallest absolute Gasteiger partial charge is 0.122 e. The van der Waals surface area contributed by atoms with E-state index in [2.05, 4.69) is 16.5 Å². The Labute approximate surface area is 119 Å². The van der Waals surface area contributed by atoms with Crippen molar-refractivity contribution in [2.24, 2.45) is 7.05 Å². The maximum absolute atomic E-state index is 9.91. The summed E-state index contributed by atoms with van der Waals surface area (Å²) in [5.74, 6) is 0.816. The summed E-state index contributed by atoms with van der Waals surface area (Å²) in [6, 6.07) is 6.00. The van der Waals surface area contributed by atoms with Crippen molar-refractivity contribution in [2.75, 3.05) is 18.5 Å². The van der Waals surface area contributed by atoms with Gasteiger partial charge in [0.2, 0.25) is 0 Å². The number of aliphatic hydroxyl groups is 1. The lowest BCUT2D eigenvalue weighted by molar-refractivity contribution is 0.117. The molecular weight excluding hydrogens is 254 g/mol. The molecule has 1 atom stereocenters. The van der Waals surface area contributed by atoms with Crippen molar-refractivity contribution in [3.63, 3.8) is 0 Å². The van der Waals surface area contributed by atoms with Crippen LogP contribution in [0.5, 0.6) is 5.75 Å². The first-order valence-electron chi connectivity index (χ1n) is 6.65. The average Bonchev–Trinajstić information content (AvgIpc) is 2.81. The van der Waals surface area contributed by atoms with E-state index in [9.17, 15) is 5.11 Å². The summed E-state index contributed by atoms with van der Waals surface area (Å²) in [6.07, 6.45) is 3.01. The number of anilines is 1. The number of nitrogens with one attached hydrogen (secondary N) is 1. The van der Waals surface area contributed by atoms with Crippen molar-refractivity contribution in [3.05, 3.63) is 41.7 Å². The molecule has 0 radical (unpaired) electrons. The Balaban J connectivity index is 1.78. The average molecular weight is 275 g/mol. The van der Waals surface area contributed by atoms with E-state index < -0.39 is 6.10 Å². The minimum absolute atomic E-state index is 0.261. The zero-order valence-electron chi connectivity index (χ0n) is 12.1. The molecule has 0 saturated heterocycles. The minimum atomic E-state index is -0.573. The molecule has 0 fully saturated rings. The molecule has 0 bridgehead atoms. The summed E-state index contributed by atoms with van der Waals surface area (Å²) < 4.78 is 7.35. The highest BCUT2D eigenvalue weighted by atomic mass is 16.5. The zero-order valence-corrected chi connectivity index (χ0v) is 12.1. The predicted molar refractivity (Wildman–Crippen MR) is 79.1 cm³/mol. The van der Waals surface area contributed by atoms with Crippen LogP contribution < -0.4 is 10.1 Å². The largest absolute Gasteiger partial charge is 0.491 e. The number of aromatic nitrogens is 2. The molecule has 2 N–H and O–H groups in total. The summed E-state index contributed by atoms with van der Waals surface area (Å²) >= 11 is 0. The third-order valence-corrected chi connectivity index (χ3v) is 3.01. The van der Waals surface area contributed by atoms with Gasteiger partial charge in [-0.1, -0.05) is 17.7 Å². The maximum atomic E-state index is 9.91. The fraction of sp³-hybridized carbons (Fsp3) is 0.400. The van der Waals surface area contributed by atoms with Crippen molar-refractivity contribution in [2.45, 2.75) is 20.0 Å². The molecule has 0 aliphatic rings. The summed E-state index contributed by atoms with van der Waals surface area (Å²) in [5.41, 5.74) is 3.17. The van der Waals surface area contributed by atoms with Gasteiger partial charge in [-0.05, 0) is 25.5 Å². The molecule has 1 unspecified atom stereocenters. The monoisotopic (exact) mass is 275 g/mol. The van der Waals surface area contributed by atoms with Crippen LogP contribution in [0.3, 0.4) is 0 Å². The topological polar surface area (TPSA) is 59.3 Å². The number of rotatable bonds is 6. The minimum Gasteiger partial charge on any atom is -0.491 e. The van der Waals surface area contributed by atoms with Crippen LogP contribution >= 0.6 is 0 Å². The first-order valence-corrected chi connectivity index (χ1v) is 6.65. The Morgan fingerprint density at radius 1 is 1.40 bits per heavy atom. The van der Waals surface area contributed by atoms with Crippen LogP contribution in [0.1, 0.15) is 11.1 Å². The third kappa shape index (κ3) is 3.99.